The molecule has 0 rings (SSSR count). The SMILES string of the molecule is CCCCCCCC/C=C\CCCCCCCC(=O)O.CCCCCCCCCCCC(=O)O.OCCNCCO. The second kappa shape index (κ2) is 43.0. The highest BCUT2D eigenvalue weighted by Gasteiger charge is 1.97. The molecule has 0 fully saturated rings. The Hall–Kier alpha value is -1.44. The standard InChI is InChI=1S/C18H34O2.C12H24O2.C4H11NO2/c1-2-3-4-5-6-7-8-9-10-11-12-13-14-15-16-17-18(19)20;1-2-3-4-5-6-7-8-9-10-11-12(13)14;6-3-1-5-2-4-7/h9-10H,2-8,11-17H2,1H3,(H,19,20);2-11H2,1H3,(H,13,14);5-7H,1-4H2/b10-9-;;. The van der Waals surface area contributed by atoms with Crippen LogP contribution in [0.25, 0.3) is 0 Å². The van der Waals surface area contributed by atoms with E-state index in [4.69, 9.17) is 20.4 Å². The van der Waals surface area contributed by atoms with Crippen LogP contribution in [0, 0.1) is 0 Å². The summed E-state index contributed by atoms with van der Waals surface area (Å²) in [5, 5.41) is 36.0. The van der Waals surface area contributed by atoms with Crippen molar-refractivity contribution in [1.82, 2.24) is 5.32 Å². The number of aliphatic carboxylic acids is 2. The Morgan fingerprint density at radius 1 is 0.488 bits per heavy atom. The van der Waals surface area contributed by atoms with Gasteiger partial charge in [-0.1, -0.05) is 129 Å². The van der Waals surface area contributed by atoms with Gasteiger partial charge in [0.15, 0.2) is 0 Å². The number of hydrogen-bond acceptors (Lipinski definition) is 5. The van der Waals surface area contributed by atoms with Crippen LogP contribution >= 0.6 is 0 Å². The van der Waals surface area contributed by atoms with Crippen molar-refractivity contribution in [1.29, 1.82) is 0 Å². The molecule has 0 aliphatic carbocycles. The number of aliphatic hydroxyl groups excluding tert-OH is 2. The highest BCUT2D eigenvalue weighted by molar-refractivity contribution is 5.66. The number of carboxylic acids is 2. The molecule has 0 heterocycles. The van der Waals surface area contributed by atoms with Gasteiger partial charge in [-0.15, -0.1) is 0 Å². The van der Waals surface area contributed by atoms with Crippen molar-refractivity contribution < 1.29 is 30.0 Å². The van der Waals surface area contributed by atoms with Crippen LogP contribution in [0.4, 0.5) is 0 Å². The van der Waals surface area contributed by atoms with E-state index >= 15 is 0 Å². The number of unbranched alkanes of at least 4 members (excludes halogenated alkanes) is 19. The first kappa shape index (κ1) is 44.0. The van der Waals surface area contributed by atoms with Gasteiger partial charge in [-0.2, -0.15) is 0 Å². The molecule has 0 bridgehead atoms. The zero-order chi connectivity index (χ0) is 31.1. The molecule has 0 aliphatic rings. The van der Waals surface area contributed by atoms with Gasteiger partial charge < -0.3 is 25.7 Å². The molecular formula is C34H69NO6. The van der Waals surface area contributed by atoms with Gasteiger partial charge in [-0.25, -0.2) is 0 Å². The molecule has 0 radical (unpaired) electrons. The van der Waals surface area contributed by atoms with E-state index in [9.17, 15) is 9.59 Å². The lowest BCUT2D eigenvalue weighted by atomic mass is 10.1. The summed E-state index contributed by atoms with van der Waals surface area (Å²) in [6.45, 7) is 5.90. The first-order chi connectivity index (χ1) is 20.0. The van der Waals surface area contributed by atoms with Gasteiger partial charge in [-0.05, 0) is 38.5 Å². The third kappa shape index (κ3) is 55.2. The Labute approximate surface area is 253 Å². The largest absolute Gasteiger partial charge is 0.481 e. The zero-order valence-corrected chi connectivity index (χ0v) is 27.1. The summed E-state index contributed by atoms with van der Waals surface area (Å²) in [6.07, 6.45) is 32.7. The van der Waals surface area contributed by atoms with Crippen molar-refractivity contribution in [2.45, 2.75) is 168 Å². The molecule has 0 aromatic rings. The molecule has 246 valence electrons. The van der Waals surface area contributed by atoms with Crippen LogP contribution in [-0.2, 0) is 9.59 Å². The molecule has 0 amide bonds. The number of carbonyl (C=O) groups is 2. The highest BCUT2D eigenvalue weighted by atomic mass is 16.4. The van der Waals surface area contributed by atoms with Crippen LogP contribution in [0.15, 0.2) is 12.2 Å². The van der Waals surface area contributed by atoms with Crippen molar-refractivity contribution in [3.05, 3.63) is 12.2 Å². The van der Waals surface area contributed by atoms with E-state index < -0.39 is 11.9 Å². The first-order valence-electron chi connectivity index (χ1n) is 17.0. The van der Waals surface area contributed by atoms with E-state index in [1.807, 2.05) is 0 Å². The Balaban J connectivity index is -0.000000594. The maximum absolute atomic E-state index is 10.3. The Morgan fingerprint density at radius 2 is 0.780 bits per heavy atom. The second-order valence-corrected chi connectivity index (χ2v) is 10.9. The Bertz CT molecular complexity index is 523. The van der Waals surface area contributed by atoms with Crippen LogP contribution in [-0.4, -0.2) is 58.7 Å². The summed E-state index contributed by atoms with van der Waals surface area (Å²) >= 11 is 0. The third-order valence-corrected chi connectivity index (χ3v) is 6.72. The van der Waals surface area contributed by atoms with E-state index in [0.29, 0.717) is 25.9 Å². The maximum atomic E-state index is 10.3. The Morgan fingerprint density at radius 3 is 1.07 bits per heavy atom. The smallest absolute Gasteiger partial charge is 0.303 e. The van der Waals surface area contributed by atoms with Gasteiger partial charge in [0.1, 0.15) is 0 Å². The molecule has 41 heavy (non-hydrogen) atoms. The number of hydrogen-bond donors (Lipinski definition) is 5. The van der Waals surface area contributed by atoms with Gasteiger partial charge in [0.2, 0.25) is 0 Å². The molecule has 7 heteroatoms. The average molecular weight is 588 g/mol. The number of nitrogens with one attached hydrogen (secondary N) is 1. The van der Waals surface area contributed by atoms with Crippen LogP contribution < -0.4 is 5.32 Å². The molecule has 0 aromatic carbocycles. The molecule has 5 N–H and O–H groups in total. The van der Waals surface area contributed by atoms with E-state index in [1.54, 1.807) is 0 Å². The second-order valence-electron chi connectivity index (χ2n) is 10.9. The molecule has 0 unspecified atom stereocenters. The zero-order valence-electron chi connectivity index (χ0n) is 27.1. The van der Waals surface area contributed by atoms with Crippen LogP contribution in [0.3, 0.4) is 0 Å². The monoisotopic (exact) mass is 588 g/mol. The number of carboxylic acid groups (broad SMARTS) is 2. The number of allylic oxidation sites excluding steroid dienone is 2. The molecule has 0 saturated carbocycles. The van der Waals surface area contributed by atoms with Crippen molar-refractivity contribution >= 4 is 11.9 Å². The molecule has 7 nitrogen and oxygen atoms in total. The van der Waals surface area contributed by atoms with Gasteiger partial charge in [0.05, 0.1) is 13.2 Å². The van der Waals surface area contributed by atoms with Gasteiger partial charge in [0.25, 0.3) is 0 Å². The normalized spacial score (nSPS) is 10.6. The van der Waals surface area contributed by atoms with Gasteiger partial charge >= 0.3 is 11.9 Å². The predicted molar refractivity (Wildman–Crippen MR) is 174 cm³/mol. The third-order valence-electron chi connectivity index (χ3n) is 6.72. The van der Waals surface area contributed by atoms with Gasteiger partial charge in [-0.3, -0.25) is 9.59 Å². The van der Waals surface area contributed by atoms with Crippen molar-refractivity contribution in [3.8, 4) is 0 Å². The van der Waals surface area contributed by atoms with Crippen LogP contribution in [0.2, 0.25) is 0 Å². The lowest BCUT2D eigenvalue weighted by molar-refractivity contribution is -0.138. The highest BCUT2D eigenvalue weighted by Crippen LogP contribution is 2.11. The van der Waals surface area contributed by atoms with Crippen molar-refractivity contribution in [3.63, 3.8) is 0 Å². The Kier molecular flexibility index (Phi) is 46.2. The molecule has 0 aliphatic heterocycles. The molecule has 0 spiro atoms. The van der Waals surface area contributed by atoms with Crippen LogP contribution in [0.5, 0.6) is 0 Å². The van der Waals surface area contributed by atoms with Crippen molar-refractivity contribution in [2.24, 2.45) is 0 Å². The fourth-order valence-corrected chi connectivity index (χ4v) is 4.22. The van der Waals surface area contributed by atoms with Gasteiger partial charge in [0, 0.05) is 25.9 Å². The minimum Gasteiger partial charge on any atom is -0.481 e. The lowest BCUT2D eigenvalue weighted by Crippen LogP contribution is -2.21. The quantitative estimate of drug-likeness (QED) is 0.0437. The fourth-order valence-electron chi connectivity index (χ4n) is 4.22. The van der Waals surface area contributed by atoms with E-state index in [0.717, 1.165) is 25.7 Å². The summed E-state index contributed by atoms with van der Waals surface area (Å²) in [4.78, 5) is 20.5. The minimum atomic E-state index is -0.664. The fraction of sp³-hybridized carbons (Fsp3) is 0.882. The molecule has 0 atom stereocenters. The summed E-state index contributed by atoms with van der Waals surface area (Å²) in [6, 6.07) is 0. The predicted octanol–water partition coefficient (Wildman–Crippen LogP) is 8.66. The molecule has 0 saturated heterocycles. The van der Waals surface area contributed by atoms with E-state index in [-0.39, 0.29) is 13.2 Å². The van der Waals surface area contributed by atoms with E-state index in [2.05, 4.69) is 31.3 Å². The molecule has 0 aromatic heterocycles. The first-order valence-corrected chi connectivity index (χ1v) is 17.0. The summed E-state index contributed by atoms with van der Waals surface area (Å²) in [7, 11) is 0. The lowest BCUT2D eigenvalue weighted by Gasteiger charge is -2.00. The average Bonchev–Trinajstić information content (AvgIpc) is 2.95. The van der Waals surface area contributed by atoms with E-state index in [1.165, 1.54) is 116 Å². The summed E-state index contributed by atoms with van der Waals surface area (Å²) < 4.78 is 0. The summed E-state index contributed by atoms with van der Waals surface area (Å²) in [5.41, 5.74) is 0. The maximum Gasteiger partial charge on any atom is 0.303 e. The summed E-state index contributed by atoms with van der Waals surface area (Å²) in [5.74, 6) is -1.32. The number of rotatable bonds is 29. The number of aliphatic hydroxyl groups is 2. The van der Waals surface area contributed by atoms with Crippen molar-refractivity contribution in [2.75, 3.05) is 26.3 Å². The topological polar surface area (TPSA) is 127 Å². The van der Waals surface area contributed by atoms with Crippen LogP contribution in [0.1, 0.15) is 168 Å². The molecular weight excluding hydrogens is 518 g/mol. The minimum absolute atomic E-state index is 0.139.